The number of ether oxygens (including phenoxy) is 1. The molecule has 0 bridgehead atoms. The second-order valence-corrected chi connectivity index (χ2v) is 6.31. The zero-order chi connectivity index (χ0) is 15.7. The van der Waals surface area contributed by atoms with Crippen LogP contribution >= 0.6 is 0 Å². The van der Waals surface area contributed by atoms with Gasteiger partial charge in [-0.05, 0) is 39.3 Å². The highest BCUT2D eigenvalue weighted by molar-refractivity contribution is 5.70. The van der Waals surface area contributed by atoms with Crippen molar-refractivity contribution in [1.82, 2.24) is 15.0 Å². The van der Waals surface area contributed by atoms with E-state index < -0.39 is 5.60 Å². The van der Waals surface area contributed by atoms with Gasteiger partial charge in [-0.1, -0.05) is 11.2 Å². The molecule has 1 fully saturated rings. The van der Waals surface area contributed by atoms with Crippen LogP contribution in [0.2, 0.25) is 0 Å². The molecule has 6 nitrogen and oxygen atoms in total. The molecule has 0 saturated carbocycles. The van der Waals surface area contributed by atoms with E-state index in [1.54, 1.807) is 11.1 Å². The van der Waals surface area contributed by atoms with Gasteiger partial charge < -0.3 is 9.26 Å². The minimum atomic E-state index is -0.502. The van der Waals surface area contributed by atoms with E-state index in [1.807, 2.05) is 45.0 Å². The summed E-state index contributed by atoms with van der Waals surface area (Å²) in [7, 11) is 0. The maximum Gasteiger partial charge on any atom is 0.410 e. The van der Waals surface area contributed by atoms with Crippen molar-refractivity contribution in [2.75, 3.05) is 6.54 Å². The third-order valence-corrected chi connectivity index (χ3v) is 3.43. The number of carbonyl (C=O) groups excluding carboxylic acids is 1. The summed E-state index contributed by atoms with van der Waals surface area (Å²) in [6, 6.07) is 7.34. The van der Waals surface area contributed by atoms with E-state index in [9.17, 15) is 4.79 Å². The fourth-order valence-electron chi connectivity index (χ4n) is 2.30. The molecule has 0 radical (unpaired) electrons. The van der Waals surface area contributed by atoms with Gasteiger partial charge in [0, 0.05) is 18.8 Å². The van der Waals surface area contributed by atoms with Gasteiger partial charge in [0.1, 0.15) is 11.3 Å². The number of amides is 1. The number of carbonyl (C=O) groups is 1. The quantitative estimate of drug-likeness (QED) is 0.850. The summed E-state index contributed by atoms with van der Waals surface area (Å²) in [5.74, 6) is 0.665. The Bertz CT molecular complexity index is 661. The molecule has 3 rings (SSSR count). The predicted molar refractivity (Wildman–Crippen MR) is 80.0 cm³/mol. The first-order valence-corrected chi connectivity index (χ1v) is 7.32. The Kier molecular flexibility index (Phi) is 3.60. The zero-order valence-electron chi connectivity index (χ0n) is 12.9. The number of rotatable bonds is 2. The summed E-state index contributed by atoms with van der Waals surface area (Å²) in [5.41, 5.74) is 0.921. The van der Waals surface area contributed by atoms with Crippen LogP contribution in [-0.4, -0.2) is 33.3 Å². The monoisotopic (exact) mass is 301 g/mol. The molecule has 1 saturated heterocycles. The number of hydrogen-bond acceptors (Lipinski definition) is 5. The van der Waals surface area contributed by atoms with Crippen molar-refractivity contribution in [2.24, 2.45) is 0 Å². The smallest absolute Gasteiger partial charge is 0.410 e. The Balaban J connectivity index is 1.73. The van der Waals surface area contributed by atoms with Gasteiger partial charge in [-0.15, -0.1) is 0 Å². The van der Waals surface area contributed by atoms with Gasteiger partial charge in [-0.3, -0.25) is 9.88 Å². The van der Waals surface area contributed by atoms with Gasteiger partial charge in [0.2, 0.25) is 0 Å². The largest absolute Gasteiger partial charge is 0.444 e. The third kappa shape index (κ3) is 2.95. The lowest BCUT2D eigenvalue weighted by Crippen LogP contribution is -2.47. The van der Waals surface area contributed by atoms with Crippen molar-refractivity contribution in [3.63, 3.8) is 0 Å². The van der Waals surface area contributed by atoms with Gasteiger partial charge >= 0.3 is 6.09 Å². The molecule has 3 heterocycles. The molecule has 1 atom stereocenters. The van der Waals surface area contributed by atoms with Crippen molar-refractivity contribution >= 4 is 6.09 Å². The van der Waals surface area contributed by atoms with Crippen molar-refractivity contribution in [2.45, 2.75) is 38.8 Å². The fourth-order valence-corrected chi connectivity index (χ4v) is 2.30. The Morgan fingerprint density at radius 1 is 1.36 bits per heavy atom. The molecule has 1 aliphatic rings. The molecule has 0 aliphatic carbocycles. The Morgan fingerprint density at radius 2 is 2.18 bits per heavy atom. The van der Waals surface area contributed by atoms with Crippen LogP contribution in [0.4, 0.5) is 4.79 Å². The van der Waals surface area contributed by atoms with Crippen LogP contribution in [0.1, 0.15) is 39.0 Å². The van der Waals surface area contributed by atoms with Crippen molar-refractivity contribution in [3.05, 3.63) is 36.2 Å². The van der Waals surface area contributed by atoms with Gasteiger partial charge in [0.05, 0.1) is 11.7 Å². The van der Waals surface area contributed by atoms with Crippen LogP contribution in [0, 0.1) is 0 Å². The summed E-state index contributed by atoms with van der Waals surface area (Å²) in [6.07, 6.45) is 2.23. The molecule has 116 valence electrons. The summed E-state index contributed by atoms with van der Waals surface area (Å²) in [4.78, 5) is 18.0. The molecule has 2 aromatic rings. The maximum absolute atomic E-state index is 12.1. The van der Waals surface area contributed by atoms with Crippen LogP contribution in [0.3, 0.4) is 0 Å². The molecule has 0 aromatic carbocycles. The highest BCUT2D eigenvalue weighted by Gasteiger charge is 2.38. The second kappa shape index (κ2) is 5.44. The van der Waals surface area contributed by atoms with Gasteiger partial charge in [-0.2, -0.15) is 0 Å². The fraction of sp³-hybridized carbons (Fsp3) is 0.438. The van der Waals surface area contributed by atoms with E-state index in [0.29, 0.717) is 18.0 Å². The number of hydrogen-bond donors (Lipinski definition) is 0. The molecule has 1 amide bonds. The highest BCUT2D eigenvalue weighted by atomic mass is 16.6. The zero-order valence-corrected chi connectivity index (χ0v) is 12.9. The minimum Gasteiger partial charge on any atom is -0.444 e. The lowest BCUT2D eigenvalue weighted by molar-refractivity contribution is -0.0108. The van der Waals surface area contributed by atoms with Gasteiger partial charge in [0.15, 0.2) is 5.76 Å². The standard InChI is InChI=1S/C16H19N3O3/c1-16(2,3)21-15(20)19-9-7-13(19)14-10-12(18-22-14)11-6-4-5-8-17-11/h4-6,8,10,13H,7,9H2,1-3H3/t13-/m0/s1. The van der Waals surface area contributed by atoms with Crippen LogP contribution in [0.15, 0.2) is 35.0 Å². The Hall–Kier alpha value is -2.37. The Labute approximate surface area is 129 Å². The van der Waals surface area contributed by atoms with Crippen molar-refractivity contribution < 1.29 is 14.1 Å². The van der Waals surface area contributed by atoms with E-state index in [-0.39, 0.29) is 12.1 Å². The van der Waals surface area contributed by atoms with Crippen molar-refractivity contribution in [3.8, 4) is 11.4 Å². The summed E-state index contributed by atoms with van der Waals surface area (Å²) in [5, 5.41) is 4.04. The second-order valence-electron chi connectivity index (χ2n) is 6.31. The molecule has 0 unspecified atom stereocenters. The number of pyridine rings is 1. The molecule has 22 heavy (non-hydrogen) atoms. The van der Waals surface area contributed by atoms with E-state index >= 15 is 0 Å². The molecule has 6 heteroatoms. The average Bonchev–Trinajstić information content (AvgIpc) is 2.85. The maximum atomic E-state index is 12.1. The Morgan fingerprint density at radius 3 is 2.77 bits per heavy atom. The van der Waals surface area contributed by atoms with E-state index in [2.05, 4.69) is 10.1 Å². The lowest BCUT2D eigenvalue weighted by atomic mass is 10.0. The SMILES string of the molecule is CC(C)(C)OC(=O)N1CC[C@H]1c1cc(-c2ccccn2)no1. The number of likely N-dealkylation sites (tertiary alicyclic amines) is 1. The summed E-state index contributed by atoms with van der Waals surface area (Å²) in [6.45, 7) is 6.23. The molecule has 0 spiro atoms. The van der Waals surface area contributed by atoms with Gasteiger partial charge in [-0.25, -0.2) is 4.79 Å². The van der Waals surface area contributed by atoms with E-state index in [1.165, 1.54) is 0 Å². The summed E-state index contributed by atoms with van der Waals surface area (Å²) >= 11 is 0. The molecular weight excluding hydrogens is 282 g/mol. The molecule has 0 N–H and O–H groups in total. The highest BCUT2D eigenvalue weighted by Crippen LogP contribution is 2.35. The number of nitrogens with zero attached hydrogens (tertiary/aromatic N) is 3. The average molecular weight is 301 g/mol. The van der Waals surface area contributed by atoms with E-state index in [0.717, 1.165) is 12.1 Å². The minimum absolute atomic E-state index is 0.111. The van der Waals surface area contributed by atoms with Crippen LogP contribution in [-0.2, 0) is 4.74 Å². The van der Waals surface area contributed by atoms with Crippen molar-refractivity contribution in [1.29, 1.82) is 0 Å². The summed E-state index contributed by atoms with van der Waals surface area (Å²) < 4.78 is 10.8. The third-order valence-electron chi connectivity index (χ3n) is 3.43. The normalized spacial score (nSPS) is 18.0. The topological polar surface area (TPSA) is 68.5 Å². The number of aromatic nitrogens is 2. The predicted octanol–water partition coefficient (Wildman–Crippen LogP) is 3.42. The van der Waals surface area contributed by atoms with Crippen LogP contribution in [0.25, 0.3) is 11.4 Å². The molecular formula is C16H19N3O3. The molecule has 1 aliphatic heterocycles. The first kappa shape index (κ1) is 14.6. The van der Waals surface area contributed by atoms with Gasteiger partial charge in [0.25, 0.3) is 0 Å². The van der Waals surface area contributed by atoms with E-state index in [4.69, 9.17) is 9.26 Å². The van der Waals surface area contributed by atoms with Crippen LogP contribution in [0.5, 0.6) is 0 Å². The first-order chi connectivity index (χ1) is 10.4. The lowest BCUT2D eigenvalue weighted by Gasteiger charge is -2.39. The first-order valence-electron chi connectivity index (χ1n) is 7.32. The molecule has 2 aromatic heterocycles. The van der Waals surface area contributed by atoms with Crippen LogP contribution < -0.4 is 0 Å².